The van der Waals surface area contributed by atoms with Gasteiger partial charge in [0.2, 0.25) is 11.8 Å². The minimum atomic E-state index is 0.0404. The Balaban J connectivity index is 1.34. The molecular weight excluding hydrogens is 324 g/mol. The summed E-state index contributed by atoms with van der Waals surface area (Å²) in [4.78, 5) is 16.7. The van der Waals surface area contributed by atoms with Crippen molar-refractivity contribution in [1.82, 2.24) is 10.3 Å². The second-order valence-electron chi connectivity index (χ2n) is 7.40. The maximum atomic E-state index is 12.4. The molecule has 4 rings (SSSR count). The van der Waals surface area contributed by atoms with Gasteiger partial charge >= 0.3 is 0 Å². The van der Waals surface area contributed by atoms with Gasteiger partial charge in [0, 0.05) is 18.3 Å². The van der Waals surface area contributed by atoms with E-state index in [-0.39, 0.29) is 12.0 Å². The van der Waals surface area contributed by atoms with Crippen LogP contribution in [0.4, 0.5) is 0 Å². The van der Waals surface area contributed by atoms with E-state index in [0.29, 0.717) is 18.8 Å². The van der Waals surface area contributed by atoms with Gasteiger partial charge in [-0.2, -0.15) is 0 Å². The summed E-state index contributed by atoms with van der Waals surface area (Å²) in [6.07, 6.45) is 10.6. The van der Waals surface area contributed by atoms with E-state index in [4.69, 9.17) is 4.74 Å². The Morgan fingerprint density at radius 2 is 1.96 bits per heavy atom. The Morgan fingerprint density at radius 3 is 2.85 bits per heavy atom. The lowest BCUT2D eigenvalue weighted by Crippen LogP contribution is -2.25. The molecule has 136 valence electrons. The molecular formula is C22H26N2O2. The van der Waals surface area contributed by atoms with Gasteiger partial charge < -0.3 is 10.1 Å². The van der Waals surface area contributed by atoms with Crippen LogP contribution in [0.25, 0.3) is 0 Å². The summed E-state index contributed by atoms with van der Waals surface area (Å²) in [7, 11) is 0. The first-order chi connectivity index (χ1) is 12.8. The third kappa shape index (κ3) is 4.06. The summed E-state index contributed by atoms with van der Waals surface area (Å²) in [5.74, 6) is 0.704. The molecule has 0 atom stereocenters. The molecule has 0 spiro atoms. The maximum Gasteiger partial charge on any atom is 0.224 e. The van der Waals surface area contributed by atoms with Crippen LogP contribution in [0.5, 0.6) is 5.88 Å². The van der Waals surface area contributed by atoms with Crippen molar-refractivity contribution in [1.29, 1.82) is 0 Å². The van der Waals surface area contributed by atoms with E-state index < -0.39 is 0 Å². The van der Waals surface area contributed by atoms with Crippen LogP contribution in [-0.4, -0.2) is 17.0 Å². The first-order valence-electron chi connectivity index (χ1n) is 9.76. The van der Waals surface area contributed by atoms with Gasteiger partial charge in [-0.25, -0.2) is 4.98 Å². The lowest BCUT2D eigenvalue weighted by Gasteiger charge is -2.15. The van der Waals surface area contributed by atoms with E-state index in [2.05, 4.69) is 28.5 Å². The van der Waals surface area contributed by atoms with E-state index in [1.54, 1.807) is 6.20 Å². The molecule has 0 bridgehead atoms. The first kappa shape index (κ1) is 17.1. The smallest absolute Gasteiger partial charge is 0.224 e. The topological polar surface area (TPSA) is 51.2 Å². The number of aromatic nitrogens is 1. The van der Waals surface area contributed by atoms with E-state index >= 15 is 0 Å². The lowest BCUT2D eigenvalue weighted by molar-refractivity contribution is -0.120. The number of nitrogens with one attached hydrogen (secondary N) is 1. The molecule has 0 saturated heterocycles. The average molecular weight is 350 g/mol. The Kier molecular flexibility index (Phi) is 5.19. The number of aryl methyl sites for hydroxylation is 2. The van der Waals surface area contributed by atoms with Gasteiger partial charge in [0.15, 0.2) is 0 Å². The molecule has 1 fully saturated rings. The highest BCUT2D eigenvalue weighted by Gasteiger charge is 2.19. The van der Waals surface area contributed by atoms with Gasteiger partial charge in [-0.05, 0) is 67.7 Å². The van der Waals surface area contributed by atoms with Crippen LogP contribution in [0.2, 0.25) is 0 Å². The van der Waals surface area contributed by atoms with Crippen molar-refractivity contribution in [3.63, 3.8) is 0 Å². The molecule has 2 aliphatic carbocycles. The summed E-state index contributed by atoms with van der Waals surface area (Å²) >= 11 is 0. The zero-order chi connectivity index (χ0) is 17.8. The summed E-state index contributed by atoms with van der Waals surface area (Å²) in [6, 6.07) is 10.3. The molecule has 4 nitrogen and oxygen atoms in total. The highest BCUT2D eigenvalue weighted by molar-refractivity contribution is 5.78. The number of fused-ring (bicyclic) bond motifs is 1. The summed E-state index contributed by atoms with van der Waals surface area (Å²) in [6.45, 7) is 0.458. The standard InChI is InChI=1S/C22H26N2O2/c25-21(14-16-10-11-17-5-3-6-18(17)13-16)24-15-19-7-4-12-23-22(19)26-20-8-1-2-9-20/h4,7,10-13,20H,1-3,5-6,8-9,14-15H2,(H,24,25). The molecule has 1 aromatic heterocycles. The van der Waals surface area contributed by atoms with Crippen LogP contribution in [0.3, 0.4) is 0 Å². The van der Waals surface area contributed by atoms with Crippen molar-refractivity contribution in [3.8, 4) is 5.88 Å². The van der Waals surface area contributed by atoms with Crippen LogP contribution in [0.15, 0.2) is 36.5 Å². The zero-order valence-electron chi connectivity index (χ0n) is 15.2. The average Bonchev–Trinajstić information content (AvgIpc) is 3.32. The number of pyridine rings is 1. The lowest BCUT2D eigenvalue weighted by atomic mass is 10.0. The first-order valence-corrected chi connectivity index (χ1v) is 9.76. The number of amides is 1. The third-order valence-electron chi connectivity index (χ3n) is 5.43. The third-order valence-corrected chi connectivity index (χ3v) is 5.43. The summed E-state index contributed by atoms with van der Waals surface area (Å²) in [5, 5.41) is 3.02. The highest BCUT2D eigenvalue weighted by Crippen LogP contribution is 2.25. The monoisotopic (exact) mass is 350 g/mol. The number of carbonyl (C=O) groups excluding carboxylic acids is 1. The van der Waals surface area contributed by atoms with Crippen molar-refractivity contribution in [2.45, 2.75) is 64.0 Å². The summed E-state index contributed by atoms with van der Waals surface area (Å²) in [5.41, 5.74) is 4.89. The minimum Gasteiger partial charge on any atom is -0.474 e. The van der Waals surface area contributed by atoms with Crippen molar-refractivity contribution >= 4 is 5.91 Å². The van der Waals surface area contributed by atoms with Crippen LogP contribution in [-0.2, 0) is 30.6 Å². The molecule has 4 heteroatoms. The van der Waals surface area contributed by atoms with Crippen molar-refractivity contribution in [2.24, 2.45) is 0 Å². The second kappa shape index (κ2) is 7.90. The minimum absolute atomic E-state index is 0.0404. The van der Waals surface area contributed by atoms with Gasteiger partial charge in [-0.15, -0.1) is 0 Å². The molecule has 1 saturated carbocycles. The quantitative estimate of drug-likeness (QED) is 0.863. The Labute approximate surface area is 155 Å². The van der Waals surface area contributed by atoms with Gasteiger partial charge in [-0.1, -0.05) is 24.3 Å². The van der Waals surface area contributed by atoms with Crippen molar-refractivity contribution < 1.29 is 9.53 Å². The summed E-state index contributed by atoms with van der Waals surface area (Å²) < 4.78 is 6.04. The van der Waals surface area contributed by atoms with Crippen molar-refractivity contribution in [3.05, 3.63) is 58.8 Å². The molecule has 0 aliphatic heterocycles. The molecule has 1 N–H and O–H groups in total. The number of carbonyl (C=O) groups is 1. The van der Waals surface area contributed by atoms with Gasteiger partial charge in [-0.3, -0.25) is 4.79 Å². The molecule has 26 heavy (non-hydrogen) atoms. The predicted molar refractivity (Wildman–Crippen MR) is 101 cm³/mol. The number of rotatable bonds is 6. The van der Waals surface area contributed by atoms with E-state index in [1.807, 2.05) is 12.1 Å². The zero-order valence-corrected chi connectivity index (χ0v) is 15.2. The fraction of sp³-hybridized carbons (Fsp3) is 0.455. The fourth-order valence-electron chi connectivity index (χ4n) is 4.01. The van der Waals surface area contributed by atoms with Crippen molar-refractivity contribution in [2.75, 3.05) is 0 Å². The number of hydrogen-bond acceptors (Lipinski definition) is 3. The van der Waals surface area contributed by atoms with Crippen LogP contribution < -0.4 is 10.1 Å². The van der Waals surface area contributed by atoms with Crippen LogP contribution in [0.1, 0.15) is 54.4 Å². The number of ether oxygens (including phenoxy) is 1. The van der Waals surface area contributed by atoms with Crippen LogP contribution >= 0.6 is 0 Å². The van der Waals surface area contributed by atoms with E-state index in [0.717, 1.165) is 30.4 Å². The van der Waals surface area contributed by atoms with E-state index in [9.17, 15) is 4.79 Å². The fourth-order valence-corrected chi connectivity index (χ4v) is 4.01. The van der Waals surface area contributed by atoms with Crippen LogP contribution in [0, 0.1) is 0 Å². The Hall–Kier alpha value is -2.36. The number of hydrogen-bond donors (Lipinski definition) is 1. The second-order valence-corrected chi connectivity index (χ2v) is 7.40. The molecule has 0 radical (unpaired) electrons. The Bertz CT molecular complexity index is 781. The maximum absolute atomic E-state index is 12.4. The van der Waals surface area contributed by atoms with Gasteiger partial charge in [0.05, 0.1) is 6.42 Å². The van der Waals surface area contributed by atoms with Gasteiger partial charge in [0.25, 0.3) is 0 Å². The molecule has 0 unspecified atom stereocenters. The molecule has 1 aromatic carbocycles. The number of benzene rings is 1. The molecule has 2 aromatic rings. The normalized spacial score (nSPS) is 16.5. The SMILES string of the molecule is O=C(Cc1ccc2c(c1)CCC2)NCc1cccnc1OC1CCCC1. The van der Waals surface area contributed by atoms with Gasteiger partial charge in [0.1, 0.15) is 6.10 Å². The molecule has 1 heterocycles. The largest absolute Gasteiger partial charge is 0.474 e. The van der Waals surface area contributed by atoms with E-state index in [1.165, 1.54) is 36.8 Å². The molecule has 1 amide bonds. The Morgan fingerprint density at radius 1 is 1.12 bits per heavy atom. The molecule has 2 aliphatic rings. The predicted octanol–water partition coefficient (Wildman–Crippen LogP) is 3.75. The highest BCUT2D eigenvalue weighted by atomic mass is 16.5. The number of nitrogens with zero attached hydrogens (tertiary/aromatic N) is 1.